The van der Waals surface area contributed by atoms with Crippen LogP contribution in [0, 0.1) is 6.92 Å². The average molecular weight is 490 g/mol. The first kappa shape index (κ1) is 23.2. The van der Waals surface area contributed by atoms with Crippen LogP contribution in [0.3, 0.4) is 0 Å². The molecule has 0 aliphatic heterocycles. The van der Waals surface area contributed by atoms with Gasteiger partial charge < -0.3 is 10.3 Å². The van der Waals surface area contributed by atoms with Gasteiger partial charge in [-0.15, -0.1) is 0 Å². The molecular weight excluding hydrogens is 475 g/mol. The molecule has 12 heteroatoms. The molecule has 0 atom stereocenters. The van der Waals surface area contributed by atoms with Gasteiger partial charge in [-0.05, 0) is 55.5 Å². The predicted octanol–water partition coefficient (Wildman–Crippen LogP) is 4.98. The zero-order valence-corrected chi connectivity index (χ0v) is 18.0. The highest BCUT2D eigenvalue weighted by Crippen LogP contribution is 2.31. The number of rotatable bonds is 4. The van der Waals surface area contributed by atoms with Crippen molar-refractivity contribution in [3.05, 3.63) is 76.1 Å². The first-order valence-corrected chi connectivity index (χ1v) is 10.0. The van der Waals surface area contributed by atoms with E-state index in [1.807, 2.05) is 0 Å². The molecule has 0 saturated carbocycles. The number of pyridine rings is 1. The number of alkyl halides is 3. The van der Waals surface area contributed by atoms with Crippen molar-refractivity contribution in [2.75, 3.05) is 5.32 Å². The van der Waals surface area contributed by atoms with E-state index in [-0.39, 0.29) is 16.8 Å². The molecule has 2 amide bonds. The van der Waals surface area contributed by atoms with Crippen LogP contribution in [0.5, 0.6) is 0 Å². The van der Waals surface area contributed by atoms with Crippen molar-refractivity contribution in [3.8, 4) is 11.4 Å². The Morgan fingerprint density at radius 1 is 1.03 bits per heavy atom. The van der Waals surface area contributed by atoms with Gasteiger partial charge in [0.2, 0.25) is 0 Å². The van der Waals surface area contributed by atoms with Gasteiger partial charge in [-0.1, -0.05) is 11.6 Å². The van der Waals surface area contributed by atoms with Crippen molar-refractivity contribution in [2.45, 2.75) is 13.1 Å². The number of fused-ring (bicyclic) bond motifs is 1. The van der Waals surface area contributed by atoms with Crippen molar-refractivity contribution in [2.24, 2.45) is 0 Å². The molecule has 34 heavy (non-hydrogen) atoms. The van der Waals surface area contributed by atoms with E-state index < -0.39 is 23.7 Å². The Hall–Kier alpha value is -3.96. The quantitative estimate of drug-likeness (QED) is 0.238. The Kier molecular flexibility index (Phi) is 5.98. The first-order valence-electron chi connectivity index (χ1n) is 9.67. The van der Waals surface area contributed by atoms with E-state index in [9.17, 15) is 22.8 Å². The van der Waals surface area contributed by atoms with Gasteiger partial charge in [0.25, 0.3) is 11.8 Å². The van der Waals surface area contributed by atoms with Gasteiger partial charge in [-0.2, -0.15) is 13.2 Å². The second-order valence-corrected chi connectivity index (χ2v) is 7.64. The fourth-order valence-corrected chi connectivity index (χ4v) is 3.49. The molecule has 0 fully saturated rings. The monoisotopic (exact) mass is 489 g/mol. The number of halogens is 4. The van der Waals surface area contributed by atoms with Gasteiger partial charge in [-0.25, -0.2) is 15.4 Å². The number of aromatic amines is 1. The molecule has 0 saturated heterocycles. The molecule has 174 valence electrons. The number of nitrogens with one attached hydrogen (secondary N) is 3. The summed E-state index contributed by atoms with van der Waals surface area (Å²) in [4.78, 5) is 35.2. The molecule has 2 heterocycles. The number of hydroxylamine groups is 1. The topological polar surface area (TPSA) is 120 Å². The predicted molar refractivity (Wildman–Crippen MR) is 118 cm³/mol. The molecule has 0 aliphatic carbocycles. The standard InChI is InChI=1S/C22H15ClF3N5O3/c1-10-13(4-7-18(27-10)22(24,25)26)21(33)28-12-3-5-15(23)14(9-12)19-29-16-6-2-11(20(32)31-34)8-17(16)30-19/h2-9,34H,1H3,(H,28,33)(H,29,30)(H,31,32). The Morgan fingerprint density at radius 3 is 2.47 bits per heavy atom. The molecule has 2 aromatic heterocycles. The number of benzene rings is 2. The Morgan fingerprint density at radius 2 is 1.79 bits per heavy atom. The van der Waals surface area contributed by atoms with Crippen molar-refractivity contribution < 1.29 is 28.0 Å². The van der Waals surface area contributed by atoms with Crippen LogP contribution in [0.25, 0.3) is 22.4 Å². The summed E-state index contributed by atoms with van der Waals surface area (Å²) in [7, 11) is 0. The number of imidazole rings is 1. The summed E-state index contributed by atoms with van der Waals surface area (Å²) < 4.78 is 38.5. The van der Waals surface area contributed by atoms with E-state index >= 15 is 0 Å². The molecule has 8 nitrogen and oxygen atoms in total. The molecular formula is C22H15ClF3N5O3. The SMILES string of the molecule is Cc1nc(C(F)(F)F)ccc1C(=O)Nc1ccc(Cl)c(-c2nc3cc(C(=O)NO)ccc3[nH]2)c1. The third-order valence-corrected chi connectivity index (χ3v) is 5.28. The van der Waals surface area contributed by atoms with Gasteiger partial charge in [0.05, 0.1) is 27.3 Å². The van der Waals surface area contributed by atoms with Gasteiger partial charge >= 0.3 is 6.18 Å². The fourth-order valence-electron chi connectivity index (χ4n) is 3.28. The molecule has 0 bridgehead atoms. The van der Waals surface area contributed by atoms with Gasteiger partial charge in [-0.3, -0.25) is 14.8 Å². The third-order valence-electron chi connectivity index (χ3n) is 4.95. The van der Waals surface area contributed by atoms with Crippen LogP contribution in [-0.2, 0) is 6.18 Å². The van der Waals surface area contributed by atoms with Crippen LogP contribution >= 0.6 is 11.6 Å². The lowest BCUT2D eigenvalue weighted by Gasteiger charge is -2.11. The lowest BCUT2D eigenvalue weighted by atomic mass is 10.1. The van der Waals surface area contributed by atoms with Crippen molar-refractivity contribution in [1.29, 1.82) is 0 Å². The molecule has 2 aromatic carbocycles. The second-order valence-electron chi connectivity index (χ2n) is 7.23. The molecule has 4 aromatic rings. The van der Waals surface area contributed by atoms with Crippen LogP contribution in [0.4, 0.5) is 18.9 Å². The summed E-state index contributed by atoms with van der Waals surface area (Å²) in [5, 5.41) is 11.7. The van der Waals surface area contributed by atoms with E-state index in [1.165, 1.54) is 31.2 Å². The largest absolute Gasteiger partial charge is 0.433 e. The van der Waals surface area contributed by atoms with E-state index in [0.29, 0.717) is 33.1 Å². The van der Waals surface area contributed by atoms with E-state index in [1.54, 1.807) is 17.6 Å². The maximum Gasteiger partial charge on any atom is 0.433 e. The number of H-pyrrole nitrogens is 1. The number of nitrogens with zero attached hydrogens (tertiary/aromatic N) is 2. The summed E-state index contributed by atoms with van der Waals surface area (Å²) in [6, 6.07) is 11.0. The number of aromatic nitrogens is 3. The van der Waals surface area contributed by atoms with Crippen LogP contribution in [0.1, 0.15) is 32.1 Å². The summed E-state index contributed by atoms with van der Waals surface area (Å²) in [6.45, 7) is 1.32. The highest BCUT2D eigenvalue weighted by Gasteiger charge is 2.33. The van der Waals surface area contributed by atoms with Gasteiger partial charge in [0, 0.05) is 16.8 Å². The number of carbonyl (C=O) groups is 2. The van der Waals surface area contributed by atoms with Crippen LogP contribution in [-0.4, -0.2) is 32.0 Å². The molecule has 0 radical (unpaired) electrons. The maximum atomic E-state index is 12.8. The zero-order chi connectivity index (χ0) is 24.6. The molecule has 0 spiro atoms. The van der Waals surface area contributed by atoms with E-state index in [4.69, 9.17) is 16.8 Å². The summed E-state index contributed by atoms with van der Waals surface area (Å²) in [5.74, 6) is -0.983. The first-order chi connectivity index (χ1) is 16.1. The van der Waals surface area contributed by atoms with Crippen molar-refractivity contribution >= 4 is 40.1 Å². The normalized spacial score (nSPS) is 11.5. The maximum absolute atomic E-state index is 12.8. The number of carbonyl (C=O) groups excluding carboxylic acids is 2. The van der Waals surface area contributed by atoms with Crippen molar-refractivity contribution in [3.63, 3.8) is 0 Å². The van der Waals surface area contributed by atoms with Gasteiger partial charge in [0.1, 0.15) is 11.5 Å². The number of anilines is 1. The van der Waals surface area contributed by atoms with Crippen LogP contribution < -0.4 is 10.8 Å². The summed E-state index contributed by atoms with van der Waals surface area (Å²) in [5.41, 5.74) is 2.38. The number of hydrogen-bond acceptors (Lipinski definition) is 5. The summed E-state index contributed by atoms with van der Waals surface area (Å²) in [6.07, 6.45) is -4.61. The highest BCUT2D eigenvalue weighted by atomic mass is 35.5. The molecule has 0 aliphatic rings. The highest BCUT2D eigenvalue weighted by molar-refractivity contribution is 6.33. The smallest absolute Gasteiger partial charge is 0.338 e. The minimum Gasteiger partial charge on any atom is -0.338 e. The minimum atomic E-state index is -4.61. The minimum absolute atomic E-state index is 0.0112. The summed E-state index contributed by atoms with van der Waals surface area (Å²) >= 11 is 6.31. The van der Waals surface area contributed by atoms with Crippen LogP contribution in [0.2, 0.25) is 5.02 Å². The lowest BCUT2D eigenvalue weighted by Crippen LogP contribution is -2.18. The molecule has 4 rings (SSSR count). The van der Waals surface area contributed by atoms with E-state index in [2.05, 4.69) is 20.3 Å². The number of hydrogen-bond donors (Lipinski definition) is 4. The van der Waals surface area contributed by atoms with Gasteiger partial charge in [0.15, 0.2) is 0 Å². The van der Waals surface area contributed by atoms with Crippen molar-refractivity contribution in [1.82, 2.24) is 20.4 Å². The molecule has 0 unspecified atom stereocenters. The number of amides is 2. The van der Waals surface area contributed by atoms with Crippen LogP contribution in [0.15, 0.2) is 48.5 Å². The zero-order valence-electron chi connectivity index (χ0n) is 17.3. The second kappa shape index (κ2) is 8.76. The molecule has 4 N–H and O–H groups in total. The fraction of sp³-hybridized carbons (Fsp3) is 0.0909. The lowest BCUT2D eigenvalue weighted by molar-refractivity contribution is -0.141. The number of aryl methyl sites for hydroxylation is 1. The Balaban J connectivity index is 1.63. The Labute approximate surface area is 194 Å². The third kappa shape index (κ3) is 4.56. The average Bonchev–Trinajstić information content (AvgIpc) is 3.22. The van der Waals surface area contributed by atoms with E-state index in [0.717, 1.165) is 12.1 Å². The Bertz CT molecular complexity index is 1440.